The maximum Gasteiger partial charge on any atom is 0.325 e. The average Bonchev–Trinajstić information content (AvgIpc) is 2.61. The maximum absolute atomic E-state index is 12.0. The van der Waals surface area contributed by atoms with Crippen LogP contribution in [0, 0.1) is 0 Å². The number of fused-ring (bicyclic) bond motifs is 1. The van der Waals surface area contributed by atoms with Gasteiger partial charge in [-0.1, -0.05) is 30.3 Å². The summed E-state index contributed by atoms with van der Waals surface area (Å²) in [5.41, 5.74) is 3.25. The molecule has 1 unspecified atom stereocenters. The molecule has 0 bridgehead atoms. The minimum Gasteiger partial charge on any atom is -0.480 e. The number of pyridine rings is 1. The van der Waals surface area contributed by atoms with Crippen molar-refractivity contribution < 1.29 is 14.7 Å². The SMILES string of the molecule is CC(NC(=O)c1ccc(-c2cnc3ccccc3c2)cc1)C(=O)O. The lowest BCUT2D eigenvalue weighted by Gasteiger charge is -2.10. The van der Waals surface area contributed by atoms with E-state index in [1.54, 1.807) is 18.3 Å². The van der Waals surface area contributed by atoms with E-state index >= 15 is 0 Å². The summed E-state index contributed by atoms with van der Waals surface area (Å²) < 4.78 is 0. The number of rotatable bonds is 4. The molecular formula is C19H16N2O3. The summed E-state index contributed by atoms with van der Waals surface area (Å²) in [6.45, 7) is 1.43. The molecular weight excluding hydrogens is 304 g/mol. The molecule has 1 atom stereocenters. The summed E-state index contributed by atoms with van der Waals surface area (Å²) in [4.78, 5) is 27.2. The molecule has 0 aliphatic heterocycles. The Hall–Kier alpha value is -3.21. The van der Waals surface area contributed by atoms with Gasteiger partial charge in [0.15, 0.2) is 0 Å². The Bertz CT molecular complexity index is 904. The molecule has 5 heteroatoms. The minimum atomic E-state index is -1.07. The number of carbonyl (C=O) groups excluding carboxylic acids is 1. The van der Waals surface area contributed by atoms with Crippen molar-refractivity contribution in [2.75, 3.05) is 0 Å². The van der Waals surface area contributed by atoms with Crippen LogP contribution in [0.1, 0.15) is 17.3 Å². The number of para-hydroxylation sites is 1. The highest BCUT2D eigenvalue weighted by atomic mass is 16.4. The first-order valence-corrected chi connectivity index (χ1v) is 7.53. The fraction of sp³-hybridized carbons (Fsp3) is 0.105. The van der Waals surface area contributed by atoms with Crippen LogP contribution in [0.5, 0.6) is 0 Å². The Kier molecular flexibility index (Phi) is 4.24. The van der Waals surface area contributed by atoms with Gasteiger partial charge in [-0.05, 0) is 36.8 Å². The Morgan fingerprint density at radius 2 is 1.75 bits per heavy atom. The lowest BCUT2D eigenvalue weighted by Crippen LogP contribution is -2.38. The smallest absolute Gasteiger partial charge is 0.325 e. The first-order valence-electron chi connectivity index (χ1n) is 7.53. The molecule has 0 aliphatic carbocycles. The van der Waals surface area contributed by atoms with E-state index in [1.165, 1.54) is 6.92 Å². The predicted octanol–water partition coefficient (Wildman–Crippen LogP) is 3.10. The molecule has 3 aromatic rings. The normalized spacial score (nSPS) is 11.9. The zero-order valence-corrected chi connectivity index (χ0v) is 13.1. The van der Waals surface area contributed by atoms with Gasteiger partial charge in [-0.2, -0.15) is 0 Å². The zero-order valence-electron chi connectivity index (χ0n) is 13.1. The summed E-state index contributed by atoms with van der Waals surface area (Å²) >= 11 is 0. The number of carboxylic acid groups (broad SMARTS) is 1. The number of carboxylic acids is 1. The van der Waals surface area contributed by atoms with Crippen LogP contribution in [-0.4, -0.2) is 28.0 Å². The molecule has 1 aromatic heterocycles. The van der Waals surface area contributed by atoms with E-state index in [0.717, 1.165) is 22.0 Å². The number of nitrogens with zero attached hydrogens (tertiary/aromatic N) is 1. The highest BCUT2D eigenvalue weighted by molar-refractivity contribution is 5.97. The van der Waals surface area contributed by atoms with Gasteiger partial charge < -0.3 is 10.4 Å². The summed E-state index contributed by atoms with van der Waals surface area (Å²) in [6, 6.07) is 16.0. The van der Waals surface area contributed by atoms with Gasteiger partial charge in [-0.15, -0.1) is 0 Å². The number of aromatic nitrogens is 1. The summed E-state index contributed by atoms with van der Waals surface area (Å²) in [5, 5.41) is 12.3. The third-order valence-corrected chi connectivity index (χ3v) is 3.79. The van der Waals surface area contributed by atoms with Crippen molar-refractivity contribution in [2.24, 2.45) is 0 Å². The second kappa shape index (κ2) is 6.50. The number of nitrogens with one attached hydrogen (secondary N) is 1. The second-order valence-electron chi connectivity index (χ2n) is 5.53. The molecule has 1 amide bonds. The fourth-order valence-electron chi connectivity index (χ4n) is 2.38. The second-order valence-corrected chi connectivity index (χ2v) is 5.53. The summed E-state index contributed by atoms with van der Waals surface area (Å²) in [6.07, 6.45) is 1.80. The third-order valence-electron chi connectivity index (χ3n) is 3.79. The van der Waals surface area contributed by atoms with Gasteiger partial charge in [0.25, 0.3) is 5.91 Å². The van der Waals surface area contributed by atoms with Crippen LogP contribution in [0.2, 0.25) is 0 Å². The highest BCUT2D eigenvalue weighted by Crippen LogP contribution is 2.23. The molecule has 0 radical (unpaired) electrons. The highest BCUT2D eigenvalue weighted by Gasteiger charge is 2.15. The van der Waals surface area contributed by atoms with Gasteiger partial charge in [0, 0.05) is 22.7 Å². The average molecular weight is 320 g/mol. The van der Waals surface area contributed by atoms with Crippen LogP contribution in [0.25, 0.3) is 22.0 Å². The molecule has 0 saturated heterocycles. The maximum atomic E-state index is 12.0. The van der Waals surface area contributed by atoms with Gasteiger partial charge in [-0.3, -0.25) is 14.6 Å². The third kappa shape index (κ3) is 3.25. The van der Waals surface area contributed by atoms with E-state index < -0.39 is 17.9 Å². The molecule has 2 N–H and O–H groups in total. The Morgan fingerprint density at radius 3 is 2.46 bits per heavy atom. The predicted molar refractivity (Wildman–Crippen MR) is 91.7 cm³/mol. The number of amides is 1. The Morgan fingerprint density at radius 1 is 1.04 bits per heavy atom. The fourth-order valence-corrected chi connectivity index (χ4v) is 2.38. The topological polar surface area (TPSA) is 79.3 Å². The molecule has 5 nitrogen and oxygen atoms in total. The van der Waals surface area contributed by atoms with E-state index in [9.17, 15) is 9.59 Å². The molecule has 0 spiro atoms. The monoisotopic (exact) mass is 320 g/mol. The van der Waals surface area contributed by atoms with E-state index in [-0.39, 0.29) is 0 Å². The summed E-state index contributed by atoms with van der Waals surface area (Å²) in [7, 11) is 0. The number of aliphatic carboxylic acids is 1. The molecule has 3 rings (SSSR count). The lowest BCUT2D eigenvalue weighted by molar-refractivity contribution is -0.138. The van der Waals surface area contributed by atoms with Gasteiger partial charge in [-0.25, -0.2) is 0 Å². The van der Waals surface area contributed by atoms with Crippen LogP contribution in [0.15, 0.2) is 60.8 Å². The first-order chi connectivity index (χ1) is 11.5. The number of hydrogen-bond acceptors (Lipinski definition) is 3. The van der Waals surface area contributed by atoms with Crippen molar-refractivity contribution in [3.05, 3.63) is 66.4 Å². The quantitative estimate of drug-likeness (QED) is 0.774. The largest absolute Gasteiger partial charge is 0.480 e. The zero-order chi connectivity index (χ0) is 17.1. The van der Waals surface area contributed by atoms with Gasteiger partial charge in [0.2, 0.25) is 0 Å². The minimum absolute atomic E-state index is 0.409. The van der Waals surface area contributed by atoms with Crippen LogP contribution < -0.4 is 5.32 Å². The molecule has 0 fully saturated rings. The van der Waals surface area contributed by atoms with Crippen LogP contribution in [-0.2, 0) is 4.79 Å². The van der Waals surface area contributed by atoms with E-state index in [2.05, 4.69) is 10.3 Å². The van der Waals surface area contributed by atoms with Crippen molar-refractivity contribution in [2.45, 2.75) is 13.0 Å². The van der Waals surface area contributed by atoms with E-state index in [1.807, 2.05) is 42.5 Å². The van der Waals surface area contributed by atoms with Crippen molar-refractivity contribution in [3.8, 4) is 11.1 Å². The first kappa shape index (κ1) is 15.7. The molecule has 0 aliphatic rings. The van der Waals surface area contributed by atoms with Crippen molar-refractivity contribution in [1.29, 1.82) is 0 Å². The lowest BCUT2D eigenvalue weighted by atomic mass is 10.0. The van der Waals surface area contributed by atoms with Crippen LogP contribution >= 0.6 is 0 Å². The Balaban J connectivity index is 1.83. The van der Waals surface area contributed by atoms with Gasteiger partial charge >= 0.3 is 5.97 Å². The summed E-state index contributed by atoms with van der Waals surface area (Å²) in [5.74, 6) is -1.48. The number of carbonyl (C=O) groups is 2. The van der Waals surface area contributed by atoms with E-state index in [4.69, 9.17) is 5.11 Å². The molecule has 1 heterocycles. The van der Waals surface area contributed by atoms with Crippen molar-refractivity contribution >= 4 is 22.8 Å². The molecule has 0 saturated carbocycles. The van der Waals surface area contributed by atoms with Crippen LogP contribution in [0.4, 0.5) is 0 Å². The number of hydrogen-bond donors (Lipinski definition) is 2. The van der Waals surface area contributed by atoms with Crippen molar-refractivity contribution in [3.63, 3.8) is 0 Å². The van der Waals surface area contributed by atoms with Gasteiger partial charge in [0.05, 0.1) is 5.52 Å². The Labute approximate surface area is 139 Å². The molecule has 24 heavy (non-hydrogen) atoms. The standard InChI is InChI=1S/C19H16N2O3/c1-12(19(23)24)21-18(22)14-8-6-13(7-9-14)16-10-15-4-2-3-5-17(15)20-11-16/h2-12H,1H3,(H,21,22)(H,23,24). The molecule has 120 valence electrons. The molecule has 2 aromatic carbocycles. The van der Waals surface area contributed by atoms with Crippen LogP contribution in [0.3, 0.4) is 0 Å². The van der Waals surface area contributed by atoms with Gasteiger partial charge in [0.1, 0.15) is 6.04 Å². The number of benzene rings is 2. The van der Waals surface area contributed by atoms with E-state index in [0.29, 0.717) is 5.56 Å². The van der Waals surface area contributed by atoms with Crippen molar-refractivity contribution in [1.82, 2.24) is 10.3 Å².